The molecule has 0 bridgehead atoms. The van der Waals surface area contributed by atoms with Gasteiger partial charge < -0.3 is 19.9 Å². The SMILES string of the molecule is CC(C)(C(O)CC#N)S(=O)(=O)C1(CN2CCn3c(cnc3C(=O)NCc3ccc(Cl)cc3)C2=O)CC1. The molecule has 1 saturated carbocycles. The largest absolute Gasteiger partial charge is 0.390 e. The molecule has 36 heavy (non-hydrogen) atoms. The number of benzene rings is 1. The number of imidazole rings is 1. The van der Waals surface area contributed by atoms with Crippen LogP contribution in [0.15, 0.2) is 30.5 Å². The first kappa shape index (κ1) is 26.1. The average Bonchev–Trinajstić information content (AvgIpc) is 3.50. The first-order chi connectivity index (χ1) is 16.9. The van der Waals surface area contributed by atoms with Crippen LogP contribution in [-0.2, 0) is 22.9 Å². The minimum atomic E-state index is -3.88. The van der Waals surface area contributed by atoms with Crippen molar-refractivity contribution in [2.24, 2.45) is 0 Å². The van der Waals surface area contributed by atoms with E-state index in [1.807, 2.05) is 6.07 Å². The van der Waals surface area contributed by atoms with Crippen LogP contribution in [0.5, 0.6) is 0 Å². The number of rotatable bonds is 9. The lowest BCUT2D eigenvalue weighted by molar-refractivity contribution is 0.0697. The fraction of sp³-hybridized carbons (Fsp3) is 0.500. The van der Waals surface area contributed by atoms with E-state index in [4.69, 9.17) is 16.9 Å². The number of hydrogen-bond acceptors (Lipinski definition) is 7. The summed E-state index contributed by atoms with van der Waals surface area (Å²) in [5.74, 6) is -0.712. The van der Waals surface area contributed by atoms with Gasteiger partial charge >= 0.3 is 0 Å². The standard InChI is InChI=1S/C24H28ClN5O5S/c1-23(2,19(31)7-10-26)36(34,35)24(8-9-24)15-29-11-12-30-18(22(29)33)14-27-20(30)21(32)28-13-16-3-5-17(25)6-4-16/h3-6,14,19,31H,7-9,11-13,15H2,1-2H3,(H,28,32). The number of aliphatic hydroxyl groups is 1. The summed E-state index contributed by atoms with van der Waals surface area (Å²) in [6, 6.07) is 8.88. The molecule has 192 valence electrons. The quantitative estimate of drug-likeness (QED) is 0.500. The number of nitrogens with one attached hydrogen (secondary N) is 1. The Bertz CT molecular complexity index is 1330. The lowest BCUT2D eigenvalue weighted by Gasteiger charge is -2.37. The van der Waals surface area contributed by atoms with Gasteiger partial charge in [-0.05, 0) is 44.4 Å². The number of hydrogen-bond donors (Lipinski definition) is 2. The van der Waals surface area contributed by atoms with Crippen molar-refractivity contribution < 1.29 is 23.1 Å². The predicted molar refractivity (Wildman–Crippen MR) is 132 cm³/mol. The zero-order valence-corrected chi connectivity index (χ0v) is 21.6. The number of sulfone groups is 1. The van der Waals surface area contributed by atoms with Crippen molar-refractivity contribution in [1.82, 2.24) is 19.8 Å². The smallest absolute Gasteiger partial charge is 0.287 e. The van der Waals surface area contributed by atoms with Crippen LogP contribution in [0, 0.1) is 11.3 Å². The van der Waals surface area contributed by atoms with Crippen LogP contribution in [0.4, 0.5) is 0 Å². The molecule has 0 radical (unpaired) electrons. The number of aliphatic hydroxyl groups excluding tert-OH is 1. The van der Waals surface area contributed by atoms with Gasteiger partial charge in [0.15, 0.2) is 15.7 Å². The highest BCUT2D eigenvalue weighted by atomic mass is 35.5. The Morgan fingerprint density at radius 3 is 2.58 bits per heavy atom. The Kier molecular flexibility index (Phi) is 6.90. The molecule has 0 saturated heterocycles. The number of aromatic nitrogens is 2. The molecule has 1 aliphatic heterocycles. The van der Waals surface area contributed by atoms with Crippen molar-refractivity contribution in [3.63, 3.8) is 0 Å². The molecule has 2 aliphatic rings. The van der Waals surface area contributed by atoms with Gasteiger partial charge in [0, 0.05) is 31.2 Å². The third-order valence-corrected chi connectivity index (χ3v) is 10.7. The summed E-state index contributed by atoms with van der Waals surface area (Å²) in [5, 5.41) is 22.6. The van der Waals surface area contributed by atoms with Crippen LogP contribution in [-0.4, -0.2) is 68.5 Å². The van der Waals surface area contributed by atoms with Gasteiger partial charge in [-0.15, -0.1) is 0 Å². The topological polar surface area (TPSA) is 145 Å². The summed E-state index contributed by atoms with van der Waals surface area (Å²) >= 11 is 5.89. The number of nitriles is 1. The van der Waals surface area contributed by atoms with Gasteiger partial charge in [0.1, 0.15) is 5.69 Å². The number of carbonyl (C=O) groups is 2. The molecule has 1 aliphatic carbocycles. The van der Waals surface area contributed by atoms with Crippen LogP contribution in [0.3, 0.4) is 0 Å². The highest BCUT2D eigenvalue weighted by Gasteiger charge is 2.62. The van der Waals surface area contributed by atoms with Crippen molar-refractivity contribution in [3.8, 4) is 6.07 Å². The normalized spacial score (nSPS) is 17.8. The molecular formula is C24H28ClN5O5S. The van der Waals surface area contributed by atoms with Crippen LogP contribution < -0.4 is 5.32 Å². The van der Waals surface area contributed by atoms with E-state index >= 15 is 0 Å². The summed E-state index contributed by atoms with van der Waals surface area (Å²) in [7, 11) is -3.88. The molecular weight excluding hydrogens is 506 g/mol. The molecule has 2 aromatic rings. The lowest BCUT2D eigenvalue weighted by Crippen LogP contribution is -2.54. The van der Waals surface area contributed by atoms with Crippen LogP contribution in [0.1, 0.15) is 59.8 Å². The molecule has 1 fully saturated rings. The fourth-order valence-corrected chi connectivity index (χ4v) is 7.17. The molecule has 2 N–H and O–H groups in total. The number of amides is 2. The molecule has 1 atom stereocenters. The van der Waals surface area contributed by atoms with E-state index < -0.39 is 37.2 Å². The maximum absolute atomic E-state index is 13.5. The van der Waals surface area contributed by atoms with Crippen molar-refractivity contribution >= 4 is 33.3 Å². The fourth-order valence-electron chi connectivity index (χ4n) is 4.52. The molecule has 4 rings (SSSR count). The van der Waals surface area contributed by atoms with Crippen molar-refractivity contribution in [1.29, 1.82) is 5.26 Å². The van der Waals surface area contributed by atoms with E-state index in [0.717, 1.165) is 5.56 Å². The highest BCUT2D eigenvalue weighted by molar-refractivity contribution is 7.94. The molecule has 1 aromatic carbocycles. The molecule has 1 unspecified atom stereocenters. The minimum Gasteiger partial charge on any atom is -0.390 e. The summed E-state index contributed by atoms with van der Waals surface area (Å²) < 4.78 is 25.8. The van der Waals surface area contributed by atoms with Crippen LogP contribution in [0.2, 0.25) is 5.02 Å². The van der Waals surface area contributed by atoms with Gasteiger partial charge in [-0.3, -0.25) is 9.59 Å². The third kappa shape index (κ3) is 4.49. The van der Waals surface area contributed by atoms with E-state index in [0.29, 0.717) is 24.4 Å². The van der Waals surface area contributed by atoms with E-state index in [-0.39, 0.29) is 37.6 Å². The Hall–Kier alpha value is -2.94. The zero-order valence-electron chi connectivity index (χ0n) is 20.1. The Morgan fingerprint density at radius 1 is 1.31 bits per heavy atom. The van der Waals surface area contributed by atoms with E-state index in [2.05, 4.69) is 10.3 Å². The molecule has 10 nitrogen and oxygen atoms in total. The Morgan fingerprint density at radius 2 is 1.97 bits per heavy atom. The molecule has 2 heterocycles. The molecule has 12 heteroatoms. The summed E-state index contributed by atoms with van der Waals surface area (Å²) in [4.78, 5) is 31.6. The van der Waals surface area contributed by atoms with Gasteiger partial charge in [-0.1, -0.05) is 23.7 Å². The maximum atomic E-state index is 13.5. The summed E-state index contributed by atoms with van der Waals surface area (Å²) in [6.45, 7) is 3.62. The monoisotopic (exact) mass is 533 g/mol. The third-order valence-electron chi connectivity index (χ3n) is 7.16. The number of fused-ring (bicyclic) bond motifs is 1. The van der Waals surface area contributed by atoms with Gasteiger partial charge in [-0.25, -0.2) is 13.4 Å². The highest BCUT2D eigenvalue weighted by Crippen LogP contribution is 2.50. The summed E-state index contributed by atoms with van der Waals surface area (Å²) in [6.07, 6.45) is 0.448. The molecule has 1 aromatic heterocycles. The van der Waals surface area contributed by atoms with Gasteiger partial charge in [-0.2, -0.15) is 5.26 Å². The first-order valence-corrected chi connectivity index (χ1v) is 13.5. The zero-order chi connectivity index (χ0) is 26.3. The van der Waals surface area contributed by atoms with Crippen LogP contribution in [0.25, 0.3) is 0 Å². The lowest BCUT2D eigenvalue weighted by atomic mass is 10.0. The second kappa shape index (κ2) is 9.50. The van der Waals surface area contributed by atoms with Gasteiger partial charge in [0.25, 0.3) is 11.8 Å². The van der Waals surface area contributed by atoms with Crippen molar-refractivity contribution in [3.05, 3.63) is 52.6 Å². The first-order valence-electron chi connectivity index (χ1n) is 11.6. The van der Waals surface area contributed by atoms with Crippen molar-refractivity contribution in [2.75, 3.05) is 13.1 Å². The number of halogens is 1. The van der Waals surface area contributed by atoms with E-state index in [1.165, 1.54) is 24.9 Å². The molecule has 0 spiro atoms. The number of nitrogens with zero attached hydrogens (tertiary/aromatic N) is 4. The number of carbonyl (C=O) groups excluding carboxylic acids is 2. The van der Waals surface area contributed by atoms with Crippen LogP contribution >= 0.6 is 11.6 Å². The second-order valence-corrected chi connectivity index (χ2v) is 13.2. The van der Waals surface area contributed by atoms with Gasteiger partial charge in [0.2, 0.25) is 0 Å². The predicted octanol–water partition coefficient (Wildman–Crippen LogP) is 1.92. The van der Waals surface area contributed by atoms with E-state index in [1.54, 1.807) is 28.8 Å². The summed E-state index contributed by atoms with van der Waals surface area (Å²) in [5.41, 5.74) is 1.08. The second-order valence-electron chi connectivity index (χ2n) is 9.82. The Labute approximate surface area is 214 Å². The van der Waals surface area contributed by atoms with E-state index in [9.17, 15) is 23.1 Å². The Balaban J connectivity index is 1.46. The van der Waals surface area contributed by atoms with Crippen molar-refractivity contribution in [2.45, 2.75) is 61.8 Å². The molecule has 2 amide bonds. The average molecular weight is 534 g/mol. The maximum Gasteiger partial charge on any atom is 0.287 e. The van der Waals surface area contributed by atoms with Gasteiger partial charge in [0.05, 0.1) is 34.3 Å². The minimum absolute atomic E-state index is 0.0137.